The van der Waals surface area contributed by atoms with Crippen molar-refractivity contribution >= 4 is 23.1 Å². The number of Topliss-reactive ketones (excluding diaryl/α,β-unsaturated/α-hetero) is 1. The summed E-state index contributed by atoms with van der Waals surface area (Å²) in [4.78, 5) is 27.8. The van der Waals surface area contributed by atoms with Gasteiger partial charge in [-0.3, -0.25) is 14.5 Å². The molecule has 186 valence electrons. The van der Waals surface area contributed by atoms with E-state index in [-0.39, 0.29) is 17.0 Å². The molecule has 8 heteroatoms. The van der Waals surface area contributed by atoms with Gasteiger partial charge in [-0.1, -0.05) is 37.3 Å². The highest BCUT2D eigenvalue weighted by Gasteiger charge is 2.47. The maximum absolute atomic E-state index is 14.2. The van der Waals surface area contributed by atoms with Crippen LogP contribution in [0.3, 0.4) is 0 Å². The third-order valence-electron chi connectivity index (χ3n) is 6.17. The summed E-state index contributed by atoms with van der Waals surface area (Å²) >= 11 is 0. The number of carbonyl (C=O) groups excluding carboxylic acids is 2. The summed E-state index contributed by atoms with van der Waals surface area (Å²) in [5.41, 5.74) is 1.86. The minimum absolute atomic E-state index is 0.136. The van der Waals surface area contributed by atoms with Crippen LogP contribution in [0.1, 0.15) is 29.7 Å². The van der Waals surface area contributed by atoms with Gasteiger partial charge < -0.3 is 19.3 Å². The first-order valence-corrected chi connectivity index (χ1v) is 11.3. The monoisotopic (exact) mass is 491 g/mol. The lowest BCUT2D eigenvalue weighted by Gasteiger charge is -2.26. The number of carbonyl (C=O) groups is 2. The minimum atomic E-state index is -1.09. The first-order valence-electron chi connectivity index (χ1n) is 11.3. The van der Waals surface area contributed by atoms with Gasteiger partial charge in [-0.25, -0.2) is 4.39 Å². The topological polar surface area (TPSA) is 85.3 Å². The highest BCUT2D eigenvalue weighted by atomic mass is 19.1. The number of aliphatic hydroxyl groups is 1. The molecule has 0 spiro atoms. The molecule has 1 saturated heterocycles. The molecule has 1 aliphatic heterocycles. The first kappa shape index (κ1) is 24.8. The fourth-order valence-electron chi connectivity index (χ4n) is 4.35. The lowest BCUT2D eigenvalue weighted by molar-refractivity contribution is -0.132. The van der Waals surface area contributed by atoms with Crippen LogP contribution in [-0.4, -0.2) is 38.1 Å². The van der Waals surface area contributed by atoms with Crippen LogP contribution in [0.15, 0.2) is 66.2 Å². The second-order valence-corrected chi connectivity index (χ2v) is 8.16. The second kappa shape index (κ2) is 10.1. The van der Waals surface area contributed by atoms with Crippen LogP contribution in [0.4, 0.5) is 10.1 Å². The summed E-state index contributed by atoms with van der Waals surface area (Å²) in [7, 11) is 4.35. The first-order chi connectivity index (χ1) is 17.3. The van der Waals surface area contributed by atoms with E-state index in [4.69, 9.17) is 14.2 Å². The summed E-state index contributed by atoms with van der Waals surface area (Å²) in [6, 6.07) is 14.5. The molecule has 1 atom stereocenters. The van der Waals surface area contributed by atoms with E-state index in [1.807, 2.05) is 19.1 Å². The molecule has 0 radical (unpaired) electrons. The Morgan fingerprint density at radius 3 is 2.11 bits per heavy atom. The quantitative estimate of drug-likeness (QED) is 0.283. The summed E-state index contributed by atoms with van der Waals surface area (Å²) < 4.78 is 30.5. The van der Waals surface area contributed by atoms with E-state index in [0.29, 0.717) is 28.4 Å². The van der Waals surface area contributed by atoms with Crippen molar-refractivity contribution in [3.05, 3.63) is 88.7 Å². The van der Waals surface area contributed by atoms with Crippen LogP contribution < -0.4 is 19.1 Å². The molecular weight excluding hydrogens is 465 g/mol. The van der Waals surface area contributed by atoms with Crippen molar-refractivity contribution in [2.45, 2.75) is 19.4 Å². The molecule has 7 nitrogen and oxygen atoms in total. The molecular formula is C28H26FNO6. The fraction of sp³-hybridized carbons (Fsp3) is 0.214. The number of anilines is 1. The standard InChI is InChI=1S/C28H26FNO6/c1-5-16-9-11-17(12-10-16)25(31)23-24(18-13-21(34-2)27(36-4)22(14-18)35-3)30(28(33)26(23)32)20-8-6-7-19(29)15-20/h6-15,24,31H,5H2,1-4H3/b25-23+. The average Bonchev–Trinajstić information content (AvgIpc) is 3.17. The fourth-order valence-corrected chi connectivity index (χ4v) is 4.35. The Hall–Kier alpha value is -4.33. The molecule has 1 amide bonds. The van der Waals surface area contributed by atoms with Gasteiger partial charge in [-0.2, -0.15) is 0 Å². The molecule has 0 aliphatic carbocycles. The van der Waals surface area contributed by atoms with E-state index in [9.17, 15) is 19.1 Å². The van der Waals surface area contributed by atoms with Gasteiger partial charge in [0.15, 0.2) is 11.5 Å². The normalized spacial score (nSPS) is 16.8. The molecule has 1 N–H and O–H groups in total. The molecule has 1 unspecified atom stereocenters. The third kappa shape index (κ3) is 4.26. The number of halogens is 1. The van der Waals surface area contributed by atoms with Gasteiger partial charge in [-0.05, 0) is 47.9 Å². The Morgan fingerprint density at radius 2 is 1.58 bits per heavy atom. The largest absolute Gasteiger partial charge is 0.507 e. The van der Waals surface area contributed by atoms with Crippen molar-refractivity contribution in [1.82, 2.24) is 0 Å². The number of aryl methyl sites for hydroxylation is 1. The average molecular weight is 492 g/mol. The predicted octanol–water partition coefficient (Wildman–Crippen LogP) is 5.04. The number of hydrogen-bond donors (Lipinski definition) is 1. The van der Waals surface area contributed by atoms with E-state index in [1.54, 1.807) is 24.3 Å². The lowest BCUT2D eigenvalue weighted by atomic mass is 9.94. The highest BCUT2D eigenvalue weighted by molar-refractivity contribution is 6.51. The van der Waals surface area contributed by atoms with Gasteiger partial charge in [0, 0.05) is 11.3 Å². The van der Waals surface area contributed by atoms with Crippen molar-refractivity contribution < 1.29 is 33.3 Å². The summed E-state index contributed by atoms with van der Waals surface area (Å²) in [6.45, 7) is 2.00. The summed E-state index contributed by atoms with van der Waals surface area (Å²) in [5, 5.41) is 11.3. The number of ketones is 1. The highest BCUT2D eigenvalue weighted by Crippen LogP contribution is 2.47. The van der Waals surface area contributed by atoms with Crippen molar-refractivity contribution in [3.63, 3.8) is 0 Å². The summed E-state index contributed by atoms with van der Waals surface area (Å²) in [6.07, 6.45) is 0.802. The molecule has 0 aromatic heterocycles. The molecule has 1 aliphatic rings. The van der Waals surface area contributed by atoms with Crippen molar-refractivity contribution in [2.75, 3.05) is 26.2 Å². The van der Waals surface area contributed by atoms with Crippen LogP contribution in [0.25, 0.3) is 5.76 Å². The number of methoxy groups -OCH3 is 3. The number of nitrogens with zero attached hydrogens (tertiary/aromatic N) is 1. The van der Waals surface area contributed by atoms with E-state index < -0.39 is 23.5 Å². The second-order valence-electron chi connectivity index (χ2n) is 8.16. The van der Waals surface area contributed by atoms with Gasteiger partial charge in [0.1, 0.15) is 11.6 Å². The Kier molecular flexibility index (Phi) is 6.96. The summed E-state index contributed by atoms with van der Waals surface area (Å²) in [5.74, 6) is -1.79. The van der Waals surface area contributed by atoms with Gasteiger partial charge in [0.2, 0.25) is 5.75 Å². The Labute approximate surface area is 208 Å². The van der Waals surface area contributed by atoms with E-state index in [0.717, 1.165) is 23.0 Å². The maximum Gasteiger partial charge on any atom is 0.300 e. The van der Waals surface area contributed by atoms with Crippen molar-refractivity contribution in [2.24, 2.45) is 0 Å². The van der Waals surface area contributed by atoms with Crippen LogP contribution in [-0.2, 0) is 16.0 Å². The number of benzene rings is 3. The van der Waals surface area contributed by atoms with Crippen LogP contribution >= 0.6 is 0 Å². The number of amides is 1. The smallest absolute Gasteiger partial charge is 0.300 e. The Bertz CT molecular complexity index is 1320. The molecule has 3 aromatic carbocycles. The molecule has 3 aromatic rings. The number of rotatable bonds is 7. The Balaban J connectivity index is 2.00. The molecule has 1 fully saturated rings. The van der Waals surface area contributed by atoms with E-state index in [2.05, 4.69) is 0 Å². The van der Waals surface area contributed by atoms with Crippen molar-refractivity contribution in [1.29, 1.82) is 0 Å². The Morgan fingerprint density at radius 1 is 0.944 bits per heavy atom. The number of ether oxygens (including phenoxy) is 3. The molecule has 36 heavy (non-hydrogen) atoms. The van der Waals surface area contributed by atoms with Crippen molar-refractivity contribution in [3.8, 4) is 17.2 Å². The molecule has 1 heterocycles. The predicted molar refractivity (Wildman–Crippen MR) is 133 cm³/mol. The van der Waals surface area contributed by atoms with Crippen LogP contribution in [0, 0.1) is 5.82 Å². The van der Waals surface area contributed by atoms with Crippen LogP contribution in [0.2, 0.25) is 0 Å². The number of hydrogen-bond acceptors (Lipinski definition) is 6. The van der Waals surface area contributed by atoms with Crippen LogP contribution in [0.5, 0.6) is 17.2 Å². The zero-order valence-electron chi connectivity index (χ0n) is 20.4. The lowest BCUT2D eigenvalue weighted by Crippen LogP contribution is -2.29. The van der Waals surface area contributed by atoms with E-state index in [1.165, 1.54) is 39.5 Å². The number of aliphatic hydroxyl groups excluding tert-OH is 1. The zero-order valence-corrected chi connectivity index (χ0v) is 20.4. The molecule has 0 saturated carbocycles. The SMILES string of the molecule is CCc1ccc(/C(O)=C2\C(=O)C(=O)N(c3cccc(F)c3)C2c2cc(OC)c(OC)c(OC)c2)cc1. The van der Waals surface area contributed by atoms with Gasteiger partial charge in [0.05, 0.1) is 32.9 Å². The molecule has 0 bridgehead atoms. The van der Waals surface area contributed by atoms with E-state index >= 15 is 0 Å². The minimum Gasteiger partial charge on any atom is -0.507 e. The maximum atomic E-state index is 14.2. The van der Waals surface area contributed by atoms with Gasteiger partial charge in [0.25, 0.3) is 11.7 Å². The van der Waals surface area contributed by atoms with Gasteiger partial charge >= 0.3 is 0 Å². The molecule has 4 rings (SSSR count). The zero-order chi connectivity index (χ0) is 26.0. The van der Waals surface area contributed by atoms with Gasteiger partial charge in [-0.15, -0.1) is 0 Å². The third-order valence-corrected chi connectivity index (χ3v) is 6.17.